The Labute approximate surface area is 170 Å². The van der Waals surface area contributed by atoms with Gasteiger partial charge in [-0.15, -0.1) is 0 Å². The molecule has 2 aromatic carbocycles. The van der Waals surface area contributed by atoms with Gasteiger partial charge in [0.2, 0.25) is 0 Å². The Kier molecular flexibility index (Phi) is 5.99. The molecular formula is C19H15Cl2NO4S. The Bertz CT molecular complexity index is 945. The number of carbonyl (C=O) groups is 2. The topological polar surface area (TPSA) is 55.8 Å². The fourth-order valence-electron chi connectivity index (χ4n) is 2.63. The lowest BCUT2D eigenvalue weighted by Crippen LogP contribution is -2.27. The zero-order valence-corrected chi connectivity index (χ0v) is 16.8. The van der Waals surface area contributed by atoms with E-state index in [2.05, 4.69) is 0 Å². The van der Waals surface area contributed by atoms with Gasteiger partial charge in [0.05, 0.1) is 30.7 Å². The SMILES string of the molecule is COc1cc(/C=C2\SC(=O)N(Cc3cccc(Cl)c3)C2=O)cc(Cl)c1OC. The van der Waals surface area contributed by atoms with Crippen molar-refractivity contribution in [2.24, 2.45) is 0 Å². The number of amides is 2. The molecule has 1 aliphatic rings. The summed E-state index contributed by atoms with van der Waals surface area (Å²) in [5.74, 6) is 0.482. The lowest BCUT2D eigenvalue weighted by Gasteiger charge is -2.12. The quantitative estimate of drug-likeness (QED) is 0.614. The van der Waals surface area contributed by atoms with Gasteiger partial charge in [0.1, 0.15) is 0 Å². The van der Waals surface area contributed by atoms with Crippen molar-refractivity contribution in [2.45, 2.75) is 6.54 Å². The van der Waals surface area contributed by atoms with Gasteiger partial charge in [-0.2, -0.15) is 0 Å². The molecule has 1 fully saturated rings. The number of methoxy groups -OCH3 is 2. The van der Waals surface area contributed by atoms with Crippen molar-refractivity contribution >= 4 is 52.2 Å². The summed E-state index contributed by atoms with van der Waals surface area (Å²) >= 11 is 13.0. The first-order valence-corrected chi connectivity index (χ1v) is 9.41. The number of imide groups is 1. The van der Waals surface area contributed by atoms with Crippen LogP contribution in [0.5, 0.6) is 11.5 Å². The first kappa shape index (κ1) is 19.6. The molecule has 0 atom stereocenters. The van der Waals surface area contributed by atoms with Crippen molar-refractivity contribution in [3.63, 3.8) is 0 Å². The molecule has 0 bridgehead atoms. The maximum absolute atomic E-state index is 12.7. The average molecular weight is 424 g/mol. The highest BCUT2D eigenvalue weighted by Crippen LogP contribution is 2.39. The predicted octanol–water partition coefficient (Wildman–Crippen LogP) is 5.25. The smallest absolute Gasteiger partial charge is 0.293 e. The van der Waals surface area contributed by atoms with Gasteiger partial charge >= 0.3 is 0 Å². The summed E-state index contributed by atoms with van der Waals surface area (Å²) in [4.78, 5) is 26.5. The molecule has 0 spiro atoms. The van der Waals surface area contributed by atoms with Crippen LogP contribution in [0.1, 0.15) is 11.1 Å². The van der Waals surface area contributed by atoms with Crippen molar-refractivity contribution in [1.82, 2.24) is 4.90 Å². The van der Waals surface area contributed by atoms with E-state index in [1.807, 2.05) is 6.07 Å². The Morgan fingerprint density at radius 2 is 1.89 bits per heavy atom. The average Bonchev–Trinajstić information content (AvgIpc) is 2.88. The molecule has 2 aromatic rings. The van der Waals surface area contributed by atoms with Crippen LogP contribution in [0.3, 0.4) is 0 Å². The second kappa shape index (κ2) is 8.25. The molecule has 1 heterocycles. The molecule has 0 saturated carbocycles. The molecule has 0 N–H and O–H groups in total. The van der Waals surface area contributed by atoms with Crippen LogP contribution in [0, 0.1) is 0 Å². The first-order chi connectivity index (χ1) is 12.9. The summed E-state index contributed by atoms with van der Waals surface area (Å²) in [5.41, 5.74) is 1.41. The van der Waals surface area contributed by atoms with E-state index >= 15 is 0 Å². The van der Waals surface area contributed by atoms with Gasteiger partial charge in [0.25, 0.3) is 11.1 Å². The van der Waals surface area contributed by atoms with Crippen LogP contribution in [0.25, 0.3) is 6.08 Å². The maximum Gasteiger partial charge on any atom is 0.293 e. The van der Waals surface area contributed by atoms with E-state index in [1.165, 1.54) is 19.1 Å². The van der Waals surface area contributed by atoms with E-state index < -0.39 is 0 Å². The highest BCUT2D eigenvalue weighted by atomic mass is 35.5. The zero-order chi connectivity index (χ0) is 19.6. The van der Waals surface area contributed by atoms with Gasteiger partial charge in [-0.3, -0.25) is 14.5 Å². The Morgan fingerprint density at radius 3 is 2.56 bits per heavy atom. The van der Waals surface area contributed by atoms with Crippen LogP contribution in [-0.2, 0) is 11.3 Å². The summed E-state index contributed by atoms with van der Waals surface area (Å²) in [6.07, 6.45) is 1.61. The van der Waals surface area contributed by atoms with Crippen LogP contribution >= 0.6 is 35.0 Å². The summed E-state index contributed by atoms with van der Waals surface area (Å²) < 4.78 is 10.5. The second-order valence-corrected chi connectivity index (χ2v) is 7.47. The molecule has 0 aromatic heterocycles. The number of rotatable bonds is 5. The molecule has 1 aliphatic heterocycles. The molecule has 0 unspecified atom stereocenters. The van der Waals surface area contributed by atoms with Crippen molar-refractivity contribution in [2.75, 3.05) is 14.2 Å². The standard InChI is InChI=1S/C19H15Cl2NO4S/c1-25-15-8-12(7-14(21)17(15)26-2)9-16-18(23)22(19(24)27-16)10-11-4-3-5-13(20)6-11/h3-9H,10H2,1-2H3/b16-9-. The van der Waals surface area contributed by atoms with E-state index in [-0.39, 0.29) is 17.7 Å². The van der Waals surface area contributed by atoms with Gasteiger partial charge in [0.15, 0.2) is 11.5 Å². The monoisotopic (exact) mass is 423 g/mol. The number of halogens is 2. The summed E-state index contributed by atoms with van der Waals surface area (Å²) in [7, 11) is 2.99. The fraction of sp³-hybridized carbons (Fsp3) is 0.158. The molecule has 0 aliphatic carbocycles. The first-order valence-electron chi connectivity index (χ1n) is 7.84. The van der Waals surface area contributed by atoms with E-state index in [9.17, 15) is 9.59 Å². The third kappa shape index (κ3) is 4.24. The Morgan fingerprint density at radius 1 is 1.11 bits per heavy atom. The zero-order valence-electron chi connectivity index (χ0n) is 14.5. The van der Waals surface area contributed by atoms with Gasteiger partial charge in [0, 0.05) is 5.02 Å². The number of benzene rings is 2. The Hall–Kier alpha value is -2.15. The highest BCUT2D eigenvalue weighted by molar-refractivity contribution is 8.18. The van der Waals surface area contributed by atoms with Crippen LogP contribution in [0.4, 0.5) is 4.79 Å². The number of carbonyl (C=O) groups excluding carboxylic acids is 2. The molecule has 1 saturated heterocycles. The maximum atomic E-state index is 12.7. The van der Waals surface area contributed by atoms with Crippen LogP contribution in [0.15, 0.2) is 41.3 Å². The largest absolute Gasteiger partial charge is 0.493 e. The highest BCUT2D eigenvalue weighted by Gasteiger charge is 2.35. The normalized spacial score (nSPS) is 15.6. The molecule has 0 radical (unpaired) electrons. The lowest BCUT2D eigenvalue weighted by molar-refractivity contribution is -0.123. The molecule has 27 heavy (non-hydrogen) atoms. The van der Waals surface area contributed by atoms with Crippen LogP contribution in [-0.4, -0.2) is 30.3 Å². The molecule has 8 heteroatoms. The number of nitrogens with zero attached hydrogens (tertiary/aromatic N) is 1. The predicted molar refractivity (Wildman–Crippen MR) is 108 cm³/mol. The number of hydrogen-bond donors (Lipinski definition) is 0. The molecular weight excluding hydrogens is 409 g/mol. The molecule has 3 rings (SSSR count). The van der Waals surface area contributed by atoms with Gasteiger partial charge < -0.3 is 9.47 Å². The number of thioether (sulfide) groups is 1. The van der Waals surface area contributed by atoms with Gasteiger partial charge in [-0.1, -0.05) is 35.3 Å². The van der Waals surface area contributed by atoms with Crippen LogP contribution < -0.4 is 9.47 Å². The summed E-state index contributed by atoms with van der Waals surface area (Å²) in [6, 6.07) is 10.4. The van der Waals surface area contributed by atoms with Gasteiger partial charge in [-0.25, -0.2) is 0 Å². The van der Waals surface area contributed by atoms with E-state index in [0.29, 0.717) is 32.0 Å². The second-order valence-electron chi connectivity index (χ2n) is 5.64. The molecule has 140 valence electrons. The fourth-order valence-corrected chi connectivity index (χ4v) is 3.97. The van der Waals surface area contributed by atoms with E-state index in [4.69, 9.17) is 32.7 Å². The van der Waals surface area contributed by atoms with E-state index in [0.717, 1.165) is 17.3 Å². The minimum atomic E-state index is -0.365. The van der Waals surface area contributed by atoms with Crippen molar-refractivity contribution in [3.8, 4) is 11.5 Å². The van der Waals surface area contributed by atoms with Crippen molar-refractivity contribution in [3.05, 3.63) is 62.5 Å². The number of ether oxygens (including phenoxy) is 2. The van der Waals surface area contributed by atoms with Crippen molar-refractivity contribution < 1.29 is 19.1 Å². The van der Waals surface area contributed by atoms with Crippen molar-refractivity contribution in [1.29, 1.82) is 0 Å². The minimum absolute atomic E-state index is 0.162. The van der Waals surface area contributed by atoms with Crippen LogP contribution in [0.2, 0.25) is 10.0 Å². The third-order valence-electron chi connectivity index (χ3n) is 3.86. The van der Waals surface area contributed by atoms with E-state index in [1.54, 1.807) is 36.4 Å². The third-order valence-corrected chi connectivity index (χ3v) is 5.28. The number of hydrogen-bond acceptors (Lipinski definition) is 5. The molecule has 2 amide bonds. The summed E-state index contributed by atoms with van der Waals surface area (Å²) in [5, 5.41) is 0.564. The van der Waals surface area contributed by atoms with Gasteiger partial charge in [-0.05, 0) is 53.2 Å². The lowest BCUT2D eigenvalue weighted by atomic mass is 10.1. The Balaban J connectivity index is 1.87. The summed E-state index contributed by atoms with van der Waals surface area (Å²) in [6.45, 7) is 0.162. The molecule has 5 nitrogen and oxygen atoms in total. The minimum Gasteiger partial charge on any atom is -0.493 e.